The van der Waals surface area contributed by atoms with Crippen LogP contribution in [0.25, 0.3) is 0 Å². The van der Waals surface area contributed by atoms with Crippen molar-refractivity contribution in [2.45, 2.75) is 32.6 Å². The maximum absolute atomic E-state index is 10.4. The van der Waals surface area contributed by atoms with Crippen molar-refractivity contribution in [1.29, 1.82) is 0 Å². The van der Waals surface area contributed by atoms with Gasteiger partial charge in [-0.05, 0) is 97.4 Å². The highest BCUT2D eigenvalue weighted by molar-refractivity contribution is 8.67. The van der Waals surface area contributed by atoms with E-state index in [1.165, 1.54) is 28.1 Å². The number of benzene rings is 2. The summed E-state index contributed by atoms with van der Waals surface area (Å²) in [4.78, 5) is 11.3. The van der Waals surface area contributed by atoms with Crippen LogP contribution in [0.5, 0.6) is 5.75 Å². The van der Waals surface area contributed by atoms with E-state index < -0.39 is 5.69 Å². The molecule has 1 atom stereocenters. The van der Waals surface area contributed by atoms with Crippen molar-refractivity contribution < 1.29 is 9.42 Å². The van der Waals surface area contributed by atoms with E-state index >= 15 is 0 Å². The van der Waals surface area contributed by atoms with Gasteiger partial charge in [0, 0.05) is 4.90 Å². The van der Waals surface area contributed by atoms with Crippen molar-refractivity contribution in [3.05, 3.63) is 58.7 Å². The summed E-state index contributed by atoms with van der Waals surface area (Å²) in [5.74, 6) is 0.625. The number of hydrogen-bond donors (Lipinski definition) is 1. The fourth-order valence-corrected chi connectivity index (χ4v) is 5.41. The molecule has 1 N–H and O–H groups in total. The first-order valence-electron chi connectivity index (χ1n) is 6.63. The molecule has 2 nitrogen and oxygen atoms in total. The zero-order chi connectivity index (χ0) is 15.6. The largest absolute Gasteiger partial charge is 0.436 e. The molecule has 0 amide bonds. The Bertz CT molecular complexity index is 656. The zero-order valence-corrected chi connectivity index (χ0v) is 15.1. The lowest BCUT2D eigenvalue weighted by Gasteiger charge is -2.17. The molecule has 112 valence electrons. The summed E-state index contributed by atoms with van der Waals surface area (Å²) in [6.07, 6.45) is 0. The maximum atomic E-state index is 10.4. The standard InChI is InChI=1S/C16H19O2PS2/c1-11-5-7-15(9-13(11)3)18-19(17,20)21-16-8-6-12(2)14(4)10-16/h5-10H,1-4H3,(H,17,20). The Labute approximate surface area is 135 Å². The number of rotatable bonds is 4. The summed E-state index contributed by atoms with van der Waals surface area (Å²) in [6.45, 7) is 8.16. The third kappa shape index (κ3) is 4.58. The first-order chi connectivity index (χ1) is 9.77. The summed E-state index contributed by atoms with van der Waals surface area (Å²) < 4.78 is 5.66. The van der Waals surface area contributed by atoms with E-state index in [0.717, 1.165) is 10.5 Å². The predicted molar refractivity (Wildman–Crippen MR) is 94.8 cm³/mol. The van der Waals surface area contributed by atoms with Crippen molar-refractivity contribution in [2.24, 2.45) is 0 Å². The third-order valence-corrected chi connectivity index (χ3v) is 6.98. The molecule has 0 fully saturated rings. The molecule has 0 bridgehead atoms. The van der Waals surface area contributed by atoms with Crippen LogP contribution in [0.2, 0.25) is 0 Å². The second-order valence-corrected chi connectivity index (χ2v) is 11.1. The van der Waals surface area contributed by atoms with Crippen molar-refractivity contribution in [2.75, 3.05) is 0 Å². The van der Waals surface area contributed by atoms with Gasteiger partial charge in [0.05, 0.1) is 0 Å². The number of aryl methyl sites for hydroxylation is 4. The molecule has 5 heteroatoms. The van der Waals surface area contributed by atoms with Gasteiger partial charge >= 0.3 is 0 Å². The topological polar surface area (TPSA) is 29.5 Å². The molecule has 0 aliphatic carbocycles. The third-order valence-electron chi connectivity index (χ3n) is 3.40. The van der Waals surface area contributed by atoms with Gasteiger partial charge in [0.25, 0.3) is 5.69 Å². The molecule has 0 saturated carbocycles. The monoisotopic (exact) mass is 338 g/mol. The van der Waals surface area contributed by atoms with Crippen LogP contribution >= 0.6 is 17.1 Å². The predicted octanol–water partition coefficient (Wildman–Crippen LogP) is 5.31. The smallest absolute Gasteiger partial charge is 0.299 e. The molecule has 0 aliphatic rings. The second kappa shape index (κ2) is 6.53. The van der Waals surface area contributed by atoms with Crippen molar-refractivity contribution in [3.63, 3.8) is 0 Å². The Hall–Kier alpha value is -0.800. The minimum Gasteiger partial charge on any atom is -0.436 e. The van der Waals surface area contributed by atoms with Gasteiger partial charge in [0.2, 0.25) is 0 Å². The van der Waals surface area contributed by atoms with E-state index in [0.29, 0.717) is 5.75 Å². The quantitative estimate of drug-likeness (QED) is 0.765. The molecule has 0 radical (unpaired) electrons. The van der Waals surface area contributed by atoms with E-state index in [2.05, 4.69) is 6.92 Å². The van der Waals surface area contributed by atoms with Crippen LogP contribution in [-0.2, 0) is 11.8 Å². The highest BCUT2D eigenvalue weighted by Gasteiger charge is 2.18. The van der Waals surface area contributed by atoms with Crippen LogP contribution in [0.4, 0.5) is 0 Å². The summed E-state index contributed by atoms with van der Waals surface area (Å²) in [5, 5.41) is 0. The van der Waals surface area contributed by atoms with Crippen LogP contribution in [-0.4, -0.2) is 4.89 Å². The molecule has 0 aromatic heterocycles. The molecule has 21 heavy (non-hydrogen) atoms. The van der Waals surface area contributed by atoms with E-state index in [4.69, 9.17) is 16.3 Å². The normalized spacial score (nSPS) is 13.8. The molecule has 2 aromatic rings. The first-order valence-corrected chi connectivity index (χ1v) is 10.7. The number of hydrogen-bond acceptors (Lipinski definition) is 3. The zero-order valence-electron chi connectivity index (χ0n) is 12.6. The first kappa shape index (κ1) is 16.6. The van der Waals surface area contributed by atoms with Crippen LogP contribution in [0.3, 0.4) is 0 Å². The van der Waals surface area contributed by atoms with E-state index in [9.17, 15) is 4.89 Å². The summed E-state index contributed by atoms with van der Waals surface area (Å²) >= 11 is 6.50. The minimum atomic E-state index is -2.96. The fraction of sp³-hybridized carbons (Fsp3) is 0.250. The average Bonchev–Trinajstić information content (AvgIpc) is 2.37. The average molecular weight is 338 g/mol. The lowest BCUT2D eigenvalue weighted by atomic mass is 10.1. The molecule has 0 heterocycles. The molecule has 0 saturated heterocycles. The fourth-order valence-electron chi connectivity index (χ4n) is 1.83. The lowest BCUT2D eigenvalue weighted by Crippen LogP contribution is -1.90. The van der Waals surface area contributed by atoms with E-state index in [1.54, 1.807) is 0 Å². The van der Waals surface area contributed by atoms with Gasteiger partial charge in [0.1, 0.15) is 5.75 Å². The molecule has 2 rings (SSSR count). The molecule has 0 spiro atoms. The van der Waals surface area contributed by atoms with Gasteiger partial charge < -0.3 is 9.42 Å². The second-order valence-electron chi connectivity index (χ2n) is 5.14. The Balaban J connectivity index is 2.15. The SMILES string of the molecule is Cc1ccc(OP(O)(=S)Sc2ccc(C)c(C)c2)cc1C. The van der Waals surface area contributed by atoms with E-state index in [-0.39, 0.29) is 0 Å². The summed E-state index contributed by atoms with van der Waals surface area (Å²) in [6, 6.07) is 11.8. The van der Waals surface area contributed by atoms with Crippen LogP contribution in [0, 0.1) is 27.7 Å². The molecular weight excluding hydrogens is 319 g/mol. The van der Waals surface area contributed by atoms with Crippen molar-refractivity contribution in [1.82, 2.24) is 0 Å². The van der Waals surface area contributed by atoms with Crippen molar-refractivity contribution in [3.8, 4) is 5.75 Å². The summed E-state index contributed by atoms with van der Waals surface area (Å²) in [7, 11) is 0. The van der Waals surface area contributed by atoms with Gasteiger partial charge in [-0.15, -0.1) is 0 Å². The van der Waals surface area contributed by atoms with Gasteiger partial charge in [-0.3, -0.25) is 0 Å². The Morgan fingerprint density at radius 2 is 1.48 bits per heavy atom. The van der Waals surface area contributed by atoms with Gasteiger partial charge in [-0.25, -0.2) is 0 Å². The lowest BCUT2D eigenvalue weighted by molar-refractivity contribution is 0.504. The maximum Gasteiger partial charge on any atom is 0.299 e. The van der Waals surface area contributed by atoms with Gasteiger partial charge in [-0.1, -0.05) is 12.1 Å². The Kier molecular flexibility index (Phi) is 5.15. The highest BCUT2D eigenvalue weighted by atomic mass is 32.9. The minimum absolute atomic E-state index is 0.625. The molecular formula is C16H19O2PS2. The highest BCUT2D eigenvalue weighted by Crippen LogP contribution is 2.59. The van der Waals surface area contributed by atoms with Crippen LogP contribution < -0.4 is 4.52 Å². The van der Waals surface area contributed by atoms with E-state index in [1.807, 2.05) is 57.2 Å². The van der Waals surface area contributed by atoms with Crippen LogP contribution in [0.15, 0.2) is 41.3 Å². The molecule has 2 aromatic carbocycles. The van der Waals surface area contributed by atoms with Gasteiger partial charge in [-0.2, -0.15) is 0 Å². The van der Waals surface area contributed by atoms with Gasteiger partial charge in [0.15, 0.2) is 0 Å². The molecule has 1 unspecified atom stereocenters. The van der Waals surface area contributed by atoms with Crippen LogP contribution in [0.1, 0.15) is 22.3 Å². The summed E-state index contributed by atoms with van der Waals surface area (Å²) in [5.41, 5.74) is 1.76. The Morgan fingerprint density at radius 1 is 0.905 bits per heavy atom. The Morgan fingerprint density at radius 3 is 2.05 bits per heavy atom. The molecule has 0 aliphatic heterocycles. The van der Waals surface area contributed by atoms with Crippen molar-refractivity contribution >= 4 is 28.9 Å².